The van der Waals surface area contributed by atoms with Crippen LogP contribution in [0.5, 0.6) is 5.88 Å². The molecule has 0 bridgehead atoms. The Kier molecular flexibility index (Phi) is 4.96. The van der Waals surface area contributed by atoms with Crippen molar-refractivity contribution in [2.45, 2.75) is 26.8 Å². The van der Waals surface area contributed by atoms with Crippen LogP contribution in [0.25, 0.3) is 0 Å². The maximum Gasteiger partial charge on any atom is 0.242 e. The second-order valence-electron chi connectivity index (χ2n) is 4.05. The predicted molar refractivity (Wildman–Crippen MR) is 66.9 cm³/mol. The van der Waals surface area contributed by atoms with E-state index in [1.165, 1.54) is 6.33 Å². The van der Waals surface area contributed by atoms with Crippen molar-refractivity contribution in [1.29, 1.82) is 0 Å². The second-order valence-corrected chi connectivity index (χ2v) is 4.05. The molecule has 6 nitrogen and oxygen atoms in total. The maximum absolute atomic E-state index is 9.24. The molecule has 0 saturated carbocycles. The van der Waals surface area contributed by atoms with Crippen molar-refractivity contribution in [1.82, 2.24) is 9.97 Å². The van der Waals surface area contributed by atoms with Gasteiger partial charge < -0.3 is 20.9 Å². The molecule has 0 aromatic carbocycles. The Bertz CT molecular complexity index is 357. The first kappa shape index (κ1) is 13.5. The molecule has 1 atom stereocenters. The molecule has 0 saturated heterocycles. The van der Waals surface area contributed by atoms with Crippen LogP contribution in [-0.4, -0.2) is 34.3 Å². The average molecular weight is 240 g/mol. The first-order valence-electron chi connectivity index (χ1n) is 5.70. The van der Waals surface area contributed by atoms with Crippen molar-refractivity contribution >= 4 is 11.5 Å². The summed E-state index contributed by atoms with van der Waals surface area (Å²) in [7, 11) is 0. The number of anilines is 2. The average Bonchev–Trinajstić information content (AvgIpc) is 2.30. The van der Waals surface area contributed by atoms with Crippen LogP contribution in [0.4, 0.5) is 11.5 Å². The Morgan fingerprint density at radius 1 is 1.47 bits per heavy atom. The summed E-state index contributed by atoms with van der Waals surface area (Å²) in [5.41, 5.74) is 6.25. The molecule has 1 heterocycles. The first-order chi connectivity index (χ1) is 8.10. The molecular weight excluding hydrogens is 220 g/mol. The summed E-state index contributed by atoms with van der Waals surface area (Å²) in [5.74, 6) is 1.13. The van der Waals surface area contributed by atoms with Gasteiger partial charge in [-0.05, 0) is 12.8 Å². The number of nitrogens with zero attached hydrogens (tertiary/aromatic N) is 2. The number of nitrogen functional groups attached to an aromatic ring is 1. The summed E-state index contributed by atoms with van der Waals surface area (Å²) in [6.07, 6.45) is 1.39. The number of hydrogen-bond donors (Lipinski definition) is 3. The van der Waals surface area contributed by atoms with Gasteiger partial charge in [0.05, 0.1) is 19.3 Å². The Balaban J connectivity index is 2.87. The third-order valence-electron chi connectivity index (χ3n) is 2.45. The van der Waals surface area contributed by atoms with Crippen LogP contribution >= 0.6 is 0 Å². The fourth-order valence-corrected chi connectivity index (χ4v) is 1.34. The minimum atomic E-state index is -0.0957. The van der Waals surface area contributed by atoms with Crippen molar-refractivity contribution in [3.05, 3.63) is 6.33 Å². The first-order valence-corrected chi connectivity index (χ1v) is 5.70. The van der Waals surface area contributed by atoms with E-state index < -0.39 is 0 Å². The van der Waals surface area contributed by atoms with Gasteiger partial charge >= 0.3 is 0 Å². The Morgan fingerprint density at radius 2 is 2.18 bits per heavy atom. The van der Waals surface area contributed by atoms with Gasteiger partial charge in [-0.1, -0.05) is 13.8 Å². The number of nitrogens with one attached hydrogen (secondary N) is 1. The van der Waals surface area contributed by atoms with E-state index in [-0.39, 0.29) is 18.6 Å². The highest BCUT2D eigenvalue weighted by Crippen LogP contribution is 2.25. The molecule has 0 spiro atoms. The van der Waals surface area contributed by atoms with Gasteiger partial charge in [-0.25, -0.2) is 4.98 Å². The number of rotatable bonds is 6. The monoisotopic (exact) mass is 240 g/mol. The molecule has 0 amide bonds. The summed E-state index contributed by atoms with van der Waals surface area (Å²) in [6.45, 7) is 6.39. The van der Waals surface area contributed by atoms with E-state index in [1.807, 2.05) is 20.8 Å². The fourth-order valence-electron chi connectivity index (χ4n) is 1.34. The standard InChI is InChI=1S/C11H20N4O2/c1-4-17-11-9(12)10(13-6-14-11)15-8(5-16)7(2)3/h6-8,16H,4-5,12H2,1-3H3,(H,13,14,15). The summed E-state index contributed by atoms with van der Waals surface area (Å²) in [6, 6.07) is -0.0957. The van der Waals surface area contributed by atoms with Gasteiger partial charge in [-0.15, -0.1) is 0 Å². The minimum Gasteiger partial charge on any atom is -0.476 e. The van der Waals surface area contributed by atoms with E-state index in [1.54, 1.807) is 0 Å². The molecule has 0 fully saturated rings. The van der Waals surface area contributed by atoms with Crippen molar-refractivity contribution in [2.75, 3.05) is 24.3 Å². The zero-order chi connectivity index (χ0) is 12.8. The van der Waals surface area contributed by atoms with E-state index in [0.717, 1.165) is 0 Å². The van der Waals surface area contributed by atoms with Gasteiger partial charge in [0.15, 0.2) is 5.82 Å². The maximum atomic E-state index is 9.24. The topological polar surface area (TPSA) is 93.3 Å². The van der Waals surface area contributed by atoms with Crippen LogP contribution in [0.15, 0.2) is 6.33 Å². The SMILES string of the molecule is CCOc1ncnc(NC(CO)C(C)C)c1N. The second kappa shape index (κ2) is 6.24. The highest BCUT2D eigenvalue weighted by atomic mass is 16.5. The van der Waals surface area contributed by atoms with Crippen LogP contribution in [0, 0.1) is 5.92 Å². The number of ether oxygens (including phenoxy) is 1. The minimum absolute atomic E-state index is 0.0189. The molecule has 96 valence electrons. The molecule has 1 rings (SSSR count). The number of aromatic nitrogens is 2. The zero-order valence-corrected chi connectivity index (χ0v) is 10.5. The van der Waals surface area contributed by atoms with Gasteiger partial charge in [0, 0.05) is 0 Å². The predicted octanol–water partition coefficient (Wildman–Crippen LogP) is 0.886. The Morgan fingerprint density at radius 3 is 2.71 bits per heavy atom. The van der Waals surface area contributed by atoms with E-state index in [9.17, 15) is 5.11 Å². The molecule has 1 aromatic heterocycles. The third kappa shape index (κ3) is 3.45. The van der Waals surface area contributed by atoms with Gasteiger partial charge in [0.2, 0.25) is 5.88 Å². The number of nitrogens with two attached hydrogens (primary N) is 1. The smallest absolute Gasteiger partial charge is 0.242 e. The zero-order valence-electron chi connectivity index (χ0n) is 10.5. The van der Waals surface area contributed by atoms with E-state index >= 15 is 0 Å². The van der Waals surface area contributed by atoms with Gasteiger partial charge in [0.1, 0.15) is 12.0 Å². The highest BCUT2D eigenvalue weighted by molar-refractivity contribution is 5.66. The number of aliphatic hydroxyl groups is 1. The van der Waals surface area contributed by atoms with Crippen LogP contribution in [0.3, 0.4) is 0 Å². The fraction of sp³-hybridized carbons (Fsp3) is 0.636. The summed E-state index contributed by atoms with van der Waals surface area (Å²) in [5, 5.41) is 12.3. The van der Waals surface area contributed by atoms with Crippen LogP contribution in [0.1, 0.15) is 20.8 Å². The van der Waals surface area contributed by atoms with Gasteiger partial charge in [0.25, 0.3) is 0 Å². The Labute approximate surface area is 101 Å². The van der Waals surface area contributed by atoms with Crippen LogP contribution < -0.4 is 15.8 Å². The number of hydrogen-bond acceptors (Lipinski definition) is 6. The lowest BCUT2D eigenvalue weighted by Crippen LogP contribution is -2.30. The molecule has 4 N–H and O–H groups in total. The Hall–Kier alpha value is -1.56. The molecule has 0 aliphatic carbocycles. The molecule has 1 aromatic rings. The molecule has 1 unspecified atom stereocenters. The third-order valence-corrected chi connectivity index (χ3v) is 2.45. The molecule has 0 aliphatic heterocycles. The van der Waals surface area contributed by atoms with Gasteiger partial charge in [-0.2, -0.15) is 4.98 Å². The summed E-state index contributed by atoms with van der Waals surface area (Å²) < 4.78 is 5.27. The van der Waals surface area contributed by atoms with E-state index in [4.69, 9.17) is 10.5 Å². The largest absolute Gasteiger partial charge is 0.476 e. The van der Waals surface area contributed by atoms with E-state index in [2.05, 4.69) is 15.3 Å². The normalized spacial score (nSPS) is 12.5. The summed E-state index contributed by atoms with van der Waals surface area (Å²) in [4.78, 5) is 8.00. The molecular formula is C11H20N4O2. The van der Waals surface area contributed by atoms with Crippen LogP contribution in [-0.2, 0) is 0 Å². The lowest BCUT2D eigenvalue weighted by atomic mass is 10.1. The van der Waals surface area contributed by atoms with Crippen LogP contribution in [0.2, 0.25) is 0 Å². The molecule has 0 aliphatic rings. The lowest BCUT2D eigenvalue weighted by molar-refractivity contribution is 0.249. The van der Waals surface area contributed by atoms with E-state index in [0.29, 0.717) is 24.0 Å². The summed E-state index contributed by atoms with van der Waals surface area (Å²) >= 11 is 0. The number of aliphatic hydroxyl groups excluding tert-OH is 1. The highest BCUT2D eigenvalue weighted by Gasteiger charge is 2.16. The molecule has 6 heteroatoms. The van der Waals surface area contributed by atoms with Crippen molar-refractivity contribution in [2.24, 2.45) is 5.92 Å². The van der Waals surface area contributed by atoms with Crippen molar-refractivity contribution < 1.29 is 9.84 Å². The van der Waals surface area contributed by atoms with Crippen molar-refractivity contribution in [3.63, 3.8) is 0 Å². The molecule has 0 radical (unpaired) electrons. The van der Waals surface area contributed by atoms with Gasteiger partial charge in [-0.3, -0.25) is 0 Å². The van der Waals surface area contributed by atoms with Crippen molar-refractivity contribution in [3.8, 4) is 5.88 Å². The lowest BCUT2D eigenvalue weighted by Gasteiger charge is -2.21. The molecule has 17 heavy (non-hydrogen) atoms. The quantitative estimate of drug-likeness (QED) is 0.683.